The summed E-state index contributed by atoms with van der Waals surface area (Å²) in [5.74, 6) is 1.22. The smallest absolute Gasteiger partial charge is 0.228 e. The van der Waals surface area contributed by atoms with Crippen molar-refractivity contribution in [1.82, 2.24) is 14.8 Å². The first-order valence-corrected chi connectivity index (χ1v) is 9.15. The highest BCUT2D eigenvalue weighted by molar-refractivity contribution is 7.10. The van der Waals surface area contributed by atoms with Gasteiger partial charge in [-0.15, -0.1) is 11.3 Å². The number of rotatable bonds is 5. The van der Waals surface area contributed by atoms with Crippen molar-refractivity contribution in [3.8, 4) is 0 Å². The molecular weight excluding hydrogens is 320 g/mol. The Morgan fingerprint density at radius 3 is 2.92 bits per heavy atom. The number of aromatic nitrogens is 1. The van der Waals surface area contributed by atoms with Gasteiger partial charge in [0.1, 0.15) is 5.82 Å². The van der Waals surface area contributed by atoms with Crippen molar-refractivity contribution in [1.29, 1.82) is 0 Å². The average Bonchev–Trinajstić information content (AvgIpc) is 2.99. The highest BCUT2D eigenvalue weighted by Gasteiger charge is 2.23. The second-order valence-electron chi connectivity index (χ2n) is 6.35. The minimum absolute atomic E-state index is 0.196. The first-order valence-electron chi connectivity index (χ1n) is 8.27. The van der Waals surface area contributed by atoms with Gasteiger partial charge in [-0.3, -0.25) is 4.79 Å². The Kier molecular flexibility index (Phi) is 5.48. The Labute approximate surface area is 147 Å². The summed E-state index contributed by atoms with van der Waals surface area (Å²) in [4.78, 5) is 24.8. The van der Waals surface area contributed by atoms with E-state index < -0.39 is 0 Å². The van der Waals surface area contributed by atoms with Crippen LogP contribution in [-0.4, -0.2) is 61.0 Å². The molecule has 1 aliphatic rings. The molecular formula is C18H24N4OS. The van der Waals surface area contributed by atoms with Crippen molar-refractivity contribution in [3.63, 3.8) is 0 Å². The second-order valence-corrected chi connectivity index (χ2v) is 7.38. The first kappa shape index (κ1) is 16.9. The molecule has 24 heavy (non-hydrogen) atoms. The van der Waals surface area contributed by atoms with E-state index in [9.17, 15) is 4.79 Å². The molecule has 0 saturated heterocycles. The largest absolute Gasteiger partial charge is 0.353 e. The number of anilines is 1. The molecule has 0 unspecified atom stereocenters. The van der Waals surface area contributed by atoms with Crippen molar-refractivity contribution in [3.05, 3.63) is 46.3 Å². The standard InChI is InChI=1S/C18H24N4OS/c1-20(2)8-9-21-10-11-22(14-15-5-3-7-19-18(15)21)17(23)13-16-6-4-12-24-16/h3-7,12H,8-11,13-14H2,1-2H3. The van der Waals surface area contributed by atoms with Crippen LogP contribution in [0, 0.1) is 0 Å². The van der Waals surface area contributed by atoms with Gasteiger partial charge in [-0.05, 0) is 31.6 Å². The van der Waals surface area contributed by atoms with Crippen molar-refractivity contribution < 1.29 is 4.79 Å². The molecule has 0 saturated carbocycles. The van der Waals surface area contributed by atoms with Gasteiger partial charge < -0.3 is 14.7 Å². The molecule has 128 valence electrons. The van der Waals surface area contributed by atoms with Crippen molar-refractivity contribution in [2.45, 2.75) is 13.0 Å². The van der Waals surface area contributed by atoms with Crippen LogP contribution >= 0.6 is 11.3 Å². The number of carbonyl (C=O) groups excluding carboxylic acids is 1. The molecule has 0 spiro atoms. The van der Waals surface area contributed by atoms with Crippen LogP contribution in [-0.2, 0) is 17.8 Å². The summed E-state index contributed by atoms with van der Waals surface area (Å²) < 4.78 is 0. The van der Waals surface area contributed by atoms with Crippen LogP contribution in [0.15, 0.2) is 35.8 Å². The normalized spacial score (nSPS) is 14.6. The van der Waals surface area contributed by atoms with E-state index in [1.807, 2.05) is 34.7 Å². The third kappa shape index (κ3) is 4.13. The number of fused-ring (bicyclic) bond motifs is 1. The molecule has 3 heterocycles. The number of likely N-dealkylation sites (N-methyl/N-ethyl adjacent to an activating group) is 1. The van der Waals surface area contributed by atoms with E-state index in [2.05, 4.69) is 34.9 Å². The summed E-state index contributed by atoms with van der Waals surface area (Å²) in [5, 5.41) is 2.02. The lowest BCUT2D eigenvalue weighted by molar-refractivity contribution is -0.130. The van der Waals surface area contributed by atoms with E-state index in [-0.39, 0.29) is 5.91 Å². The molecule has 0 aromatic carbocycles. The zero-order valence-electron chi connectivity index (χ0n) is 14.3. The molecule has 6 heteroatoms. The average molecular weight is 344 g/mol. The van der Waals surface area contributed by atoms with Crippen LogP contribution in [0.25, 0.3) is 0 Å². The SMILES string of the molecule is CN(C)CCN1CCN(C(=O)Cc2cccs2)Cc2cccnc21. The Balaban J connectivity index is 1.74. The molecule has 5 nitrogen and oxygen atoms in total. The van der Waals surface area contributed by atoms with Crippen molar-refractivity contribution in [2.24, 2.45) is 0 Å². The van der Waals surface area contributed by atoms with Crippen LogP contribution in [0.5, 0.6) is 0 Å². The Morgan fingerprint density at radius 2 is 2.17 bits per heavy atom. The Bertz CT molecular complexity index is 671. The number of hydrogen-bond acceptors (Lipinski definition) is 5. The van der Waals surface area contributed by atoms with Crippen molar-refractivity contribution in [2.75, 3.05) is 45.2 Å². The van der Waals surface area contributed by atoms with E-state index in [1.54, 1.807) is 11.3 Å². The molecule has 2 aromatic heterocycles. The van der Waals surface area contributed by atoms with Gasteiger partial charge in [0.2, 0.25) is 5.91 Å². The first-order chi connectivity index (χ1) is 11.6. The number of hydrogen-bond donors (Lipinski definition) is 0. The summed E-state index contributed by atoms with van der Waals surface area (Å²) in [5.41, 5.74) is 1.13. The molecule has 1 amide bonds. The molecule has 2 aromatic rings. The minimum atomic E-state index is 0.196. The van der Waals surface area contributed by atoms with Gasteiger partial charge in [0.25, 0.3) is 0 Å². The van der Waals surface area contributed by atoms with E-state index in [1.165, 1.54) is 0 Å². The van der Waals surface area contributed by atoms with Crippen LogP contribution in [0.1, 0.15) is 10.4 Å². The fraction of sp³-hybridized carbons (Fsp3) is 0.444. The molecule has 0 N–H and O–H groups in total. The van der Waals surface area contributed by atoms with E-state index >= 15 is 0 Å². The summed E-state index contributed by atoms with van der Waals surface area (Å²) in [6, 6.07) is 8.06. The van der Waals surface area contributed by atoms with Gasteiger partial charge in [-0.1, -0.05) is 12.1 Å². The molecule has 0 fully saturated rings. The Hall–Kier alpha value is -1.92. The van der Waals surface area contributed by atoms with Crippen LogP contribution in [0.2, 0.25) is 0 Å². The molecule has 0 bridgehead atoms. The lowest BCUT2D eigenvalue weighted by Gasteiger charge is -2.25. The third-order valence-corrected chi connectivity index (χ3v) is 5.12. The van der Waals surface area contributed by atoms with E-state index in [0.29, 0.717) is 13.0 Å². The fourth-order valence-corrected chi connectivity index (χ4v) is 3.59. The maximum Gasteiger partial charge on any atom is 0.228 e. The Morgan fingerprint density at radius 1 is 1.29 bits per heavy atom. The van der Waals surface area contributed by atoms with Gasteiger partial charge >= 0.3 is 0 Å². The molecule has 0 radical (unpaired) electrons. The number of nitrogens with zero attached hydrogens (tertiary/aromatic N) is 4. The molecule has 0 atom stereocenters. The zero-order chi connectivity index (χ0) is 16.9. The number of pyridine rings is 1. The monoisotopic (exact) mass is 344 g/mol. The molecule has 0 aliphatic carbocycles. The second kappa shape index (κ2) is 7.77. The molecule has 1 aliphatic heterocycles. The summed E-state index contributed by atoms with van der Waals surface area (Å²) in [6.45, 7) is 4.11. The predicted octanol–water partition coefficient (Wildman–Crippen LogP) is 2.10. The fourth-order valence-electron chi connectivity index (χ4n) is 2.90. The summed E-state index contributed by atoms with van der Waals surface area (Å²) >= 11 is 1.64. The van der Waals surface area contributed by atoms with Gasteiger partial charge in [0.15, 0.2) is 0 Å². The number of amides is 1. The topological polar surface area (TPSA) is 39.7 Å². The quantitative estimate of drug-likeness (QED) is 0.833. The molecule has 3 rings (SSSR count). The van der Waals surface area contributed by atoms with Gasteiger partial charge in [-0.25, -0.2) is 4.98 Å². The zero-order valence-corrected chi connectivity index (χ0v) is 15.1. The van der Waals surface area contributed by atoms with Crippen LogP contribution in [0.3, 0.4) is 0 Å². The third-order valence-electron chi connectivity index (χ3n) is 4.24. The maximum atomic E-state index is 12.7. The lowest BCUT2D eigenvalue weighted by atomic mass is 10.2. The van der Waals surface area contributed by atoms with Gasteiger partial charge in [-0.2, -0.15) is 0 Å². The summed E-state index contributed by atoms with van der Waals surface area (Å²) in [7, 11) is 4.15. The lowest BCUT2D eigenvalue weighted by Crippen LogP contribution is -2.38. The highest BCUT2D eigenvalue weighted by atomic mass is 32.1. The van der Waals surface area contributed by atoms with E-state index in [0.717, 1.165) is 42.4 Å². The minimum Gasteiger partial charge on any atom is -0.353 e. The van der Waals surface area contributed by atoms with E-state index in [4.69, 9.17) is 0 Å². The van der Waals surface area contributed by atoms with Gasteiger partial charge in [0.05, 0.1) is 6.42 Å². The predicted molar refractivity (Wildman–Crippen MR) is 98.4 cm³/mol. The van der Waals surface area contributed by atoms with Crippen molar-refractivity contribution >= 4 is 23.1 Å². The van der Waals surface area contributed by atoms with Gasteiger partial charge in [0, 0.05) is 49.4 Å². The van der Waals surface area contributed by atoms with Crippen LogP contribution in [0.4, 0.5) is 5.82 Å². The van der Waals surface area contributed by atoms with Crippen LogP contribution < -0.4 is 4.90 Å². The number of carbonyl (C=O) groups is 1. The maximum absolute atomic E-state index is 12.7. The summed E-state index contributed by atoms with van der Waals surface area (Å²) in [6.07, 6.45) is 2.33. The number of thiophene rings is 1. The highest BCUT2D eigenvalue weighted by Crippen LogP contribution is 2.23.